The monoisotopic (exact) mass is 412 g/mol. The van der Waals surface area contributed by atoms with E-state index in [1.165, 1.54) is 0 Å². The fourth-order valence-corrected chi connectivity index (χ4v) is 3.01. The van der Waals surface area contributed by atoms with Gasteiger partial charge in [-0.25, -0.2) is 0 Å². The number of ether oxygens (including phenoxy) is 2. The molecule has 0 bridgehead atoms. The van der Waals surface area contributed by atoms with Crippen LogP contribution in [0.5, 0.6) is 11.5 Å². The van der Waals surface area contributed by atoms with Gasteiger partial charge < -0.3 is 19.7 Å². The molecule has 0 aliphatic carbocycles. The predicted molar refractivity (Wildman–Crippen MR) is 118 cm³/mol. The summed E-state index contributed by atoms with van der Waals surface area (Å²) < 4.78 is 11.0. The number of hydrogen-bond donors (Lipinski definition) is 1. The van der Waals surface area contributed by atoms with Crippen molar-refractivity contribution in [3.8, 4) is 11.5 Å². The molecule has 6 heteroatoms. The van der Waals surface area contributed by atoms with Gasteiger partial charge >= 0.3 is 0 Å². The smallest absolute Gasteiger partial charge is 0.261 e. The highest BCUT2D eigenvalue weighted by Crippen LogP contribution is 2.21. The Hall–Kier alpha value is -3.02. The summed E-state index contributed by atoms with van der Waals surface area (Å²) in [6, 6.07) is 12.6. The van der Waals surface area contributed by atoms with E-state index in [0.717, 1.165) is 28.9 Å². The lowest BCUT2D eigenvalue weighted by Crippen LogP contribution is -2.49. The maximum absolute atomic E-state index is 13.1. The van der Waals surface area contributed by atoms with E-state index in [0.29, 0.717) is 18.8 Å². The number of nitrogens with zero attached hydrogens (tertiary/aromatic N) is 1. The maximum Gasteiger partial charge on any atom is 0.261 e. The molecule has 0 aliphatic rings. The molecule has 0 saturated carbocycles. The molecule has 2 aromatic carbocycles. The first-order valence-electron chi connectivity index (χ1n) is 10.3. The third kappa shape index (κ3) is 6.24. The van der Waals surface area contributed by atoms with Crippen molar-refractivity contribution in [3.05, 3.63) is 59.2 Å². The molecule has 0 saturated heterocycles. The molecule has 0 unspecified atom stereocenters. The van der Waals surface area contributed by atoms with E-state index in [1.807, 2.05) is 63.2 Å². The lowest BCUT2D eigenvalue weighted by Gasteiger charge is -2.29. The van der Waals surface area contributed by atoms with Crippen LogP contribution in [-0.4, -0.2) is 43.0 Å². The minimum absolute atomic E-state index is 0.133. The molecule has 0 fully saturated rings. The second-order valence-electron chi connectivity index (χ2n) is 7.32. The molecule has 0 spiro atoms. The van der Waals surface area contributed by atoms with Gasteiger partial charge in [0.05, 0.1) is 7.11 Å². The summed E-state index contributed by atoms with van der Waals surface area (Å²) in [6.45, 7) is 8.44. The van der Waals surface area contributed by atoms with Gasteiger partial charge in [-0.1, -0.05) is 31.2 Å². The summed E-state index contributed by atoms with van der Waals surface area (Å²) in [6.07, 6.45) is 0.834. The average Bonchev–Trinajstić information content (AvgIpc) is 2.76. The Balaban J connectivity index is 2.16. The molecule has 162 valence electrons. The fourth-order valence-electron chi connectivity index (χ4n) is 3.01. The molecule has 2 aromatic rings. The van der Waals surface area contributed by atoms with Crippen molar-refractivity contribution >= 4 is 11.8 Å². The molecular weight excluding hydrogens is 380 g/mol. The van der Waals surface area contributed by atoms with Crippen LogP contribution in [0.3, 0.4) is 0 Å². The number of carbonyl (C=O) groups excluding carboxylic acids is 2. The number of carbonyl (C=O) groups is 2. The molecule has 0 heterocycles. The van der Waals surface area contributed by atoms with Crippen LogP contribution in [0.2, 0.25) is 0 Å². The highest BCUT2D eigenvalue weighted by atomic mass is 16.5. The normalized spacial score (nSPS) is 11.5. The molecule has 30 heavy (non-hydrogen) atoms. The van der Waals surface area contributed by atoms with Gasteiger partial charge in [-0.05, 0) is 62.1 Å². The number of rotatable bonds is 10. The van der Waals surface area contributed by atoms with Crippen molar-refractivity contribution in [1.82, 2.24) is 10.2 Å². The number of nitrogens with one attached hydrogen (secondary N) is 1. The molecule has 1 atom stereocenters. The van der Waals surface area contributed by atoms with Crippen LogP contribution in [0, 0.1) is 13.8 Å². The van der Waals surface area contributed by atoms with Gasteiger partial charge in [0, 0.05) is 13.1 Å². The molecule has 0 radical (unpaired) electrons. The molecule has 1 N–H and O–H groups in total. The van der Waals surface area contributed by atoms with Crippen LogP contribution in [-0.2, 0) is 16.1 Å². The summed E-state index contributed by atoms with van der Waals surface area (Å²) in [5.74, 6) is 0.996. The van der Waals surface area contributed by atoms with E-state index < -0.39 is 6.04 Å². The minimum atomic E-state index is -0.617. The molecule has 0 aliphatic heterocycles. The predicted octanol–water partition coefficient (Wildman–Crippen LogP) is 3.63. The van der Waals surface area contributed by atoms with Crippen LogP contribution < -0.4 is 14.8 Å². The SMILES string of the molecule is CCCNC(=O)[C@@H](C)N(Cc1ccc(OC)cc1)C(=O)COc1cccc(C)c1C. The molecule has 6 nitrogen and oxygen atoms in total. The van der Waals surface area contributed by atoms with Crippen molar-refractivity contribution in [2.75, 3.05) is 20.3 Å². The van der Waals surface area contributed by atoms with Gasteiger partial charge in [0.1, 0.15) is 17.5 Å². The van der Waals surface area contributed by atoms with E-state index in [2.05, 4.69) is 5.32 Å². The highest BCUT2D eigenvalue weighted by Gasteiger charge is 2.26. The Labute approximate surface area is 179 Å². The van der Waals surface area contributed by atoms with Crippen molar-refractivity contribution < 1.29 is 19.1 Å². The highest BCUT2D eigenvalue weighted by molar-refractivity contribution is 5.88. The van der Waals surface area contributed by atoms with Crippen molar-refractivity contribution in [2.24, 2.45) is 0 Å². The maximum atomic E-state index is 13.1. The summed E-state index contributed by atoms with van der Waals surface area (Å²) >= 11 is 0. The van der Waals surface area contributed by atoms with Gasteiger partial charge in [-0.15, -0.1) is 0 Å². The van der Waals surface area contributed by atoms with Crippen LogP contribution >= 0.6 is 0 Å². The van der Waals surface area contributed by atoms with E-state index in [9.17, 15) is 9.59 Å². The lowest BCUT2D eigenvalue weighted by molar-refractivity contribution is -0.142. The topological polar surface area (TPSA) is 67.9 Å². The van der Waals surface area contributed by atoms with Crippen LogP contribution in [0.25, 0.3) is 0 Å². The summed E-state index contributed by atoms with van der Waals surface area (Å²) in [5.41, 5.74) is 3.01. The zero-order chi connectivity index (χ0) is 22.1. The van der Waals surface area contributed by atoms with E-state index in [1.54, 1.807) is 18.9 Å². The number of amides is 2. The van der Waals surface area contributed by atoms with Gasteiger partial charge in [-0.2, -0.15) is 0 Å². The quantitative estimate of drug-likeness (QED) is 0.647. The van der Waals surface area contributed by atoms with Crippen molar-refractivity contribution in [2.45, 2.75) is 46.7 Å². The van der Waals surface area contributed by atoms with Crippen LogP contribution in [0.4, 0.5) is 0 Å². The minimum Gasteiger partial charge on any atom is -0.497 e. The van der Waals surface area contributed by atoms with Crippen LogP contribution in [0.15, 0.2) is 42.5 Å². The Morgan fingerprint density at radius 3 is 2.43 bits per heavy atom. The first-order chi connectivity index (χ1) is 14.4. The first-order valence-corrected chi connectivity index (χ1v) is 10.3. The Bertz CT molecular complexity index is 849. The molecule has 2 amide bonds. The number of methoxy groups -OCH3 is 1. The third-order valence-corrected chi connectivity index (χ3v) is 5.13. The van der Waals surface area contributed by atoms with E-state index in [-0.39, 0.29) is 18.4 Å². The van der Waals surface area contributed by atoms with Crippen molar-refractivity contribution in [3.63, 3.8) is 0 Å². The average molecular weight is 413 g/mol. The zero-order valence-corrected chi connectivity index (χ0v) is 18.5. The molecular formula is C24H32N2O4. The first kappa shape index (κ1) is 23.3. The van der Waals surface area contributed by atoms with E-state index >= 15 is 0 Å². The zero-order valence-electron chi connectivity index (χ0n) is 18.5. The Morgan fingerprint density at radius 2 is 1.80 bits per heavy atom. The summed E-state index contributed by atoms with van der Waals surface area (Å²) in [7, 11) is 1.61. The lowest BCUT2D eigenvalue weighted by atomic mass is 10.1. The summed E-state index contributed by atoms with van der Waals surface area (Å²) in [5, 5.41) is 2.87. The standard InChI is InChI=1S/C24H32N2O4/c1-6-14-25-24(28)19(4)26(15-20-10-12-21(29-5)13-11-20)23(27)16-30-22-9-7-8-17(2)18(22)3/h7-13,19H,6,14-16H2,1-5H3,(H,25,28)/t19-/m1/s1. The van der Waals surface area contributed by atoms with Gasteiger partial charge in [0.2, 0.25) is 5.91 Å². The Kier molecular flexibility index (Phi) is 8.71. The Morgan fingerprint density at radius 1 is 1.10 bits per heavy atom. The largest absolute Gasteiger partial charge is 0.497 e. The van der Waals surface area contributed by atoms with Gasteiger partial charge in [-0.3, -0.25) is 9.59 Å². The number of benzene rings is 2. The number of hydrogen-bond acceptors (Lipinski definition) is 4. The number of aryl methyl sites for hydroxylation is 1. The third-order valence-electron chi connectivity index (χ3n) is 5.13. The molecule has 0 aromatic heterocycles. The second kappa shape index (κ2) is 11.2. The van der Waals surface area contributed by atoms with E-state index in [4.69, 9.17) is 9.47 Å². The second-order valence-corrected chi connectivity index (χ2v) is 7.32. The fraction of sp³-hybridized carbons (Fsp3) is 0.417. The van der Waals surface area contributed by atoms with Gasteiger partial charge in [0.15, 0.2) is 6.61 Å². The van der Waals surface area contributed by atoms with Crippen molar-refractivity contribution in [1.29, 1.82) is 0 Å². The summed E-state index contributed by atoms with van der Waals surface area (Å²) in [4.78, 5) is 27.2. The van der Waals surface area contributed by atoms with Gasteiger partial charge in [0.25, 0.3) is 5.91 Å². The van der Waals surface area contributed by atoms with Crippen LogP contribution in [0.1, 0.15) is 37.0 Å². The molecule has 2 rings (SSSR count).